The van der Waals surface area contributed by atoms with E-state index in [2.05, 4.69) is 56.0 Å². The van der Waals surface area contributed by atoms with E-state index < -0.39 is 77.4 Å². The predicted molar refractivity (Wildman–Crippen MR) is 433 cm³/mol. The minimum atomic E-state index is -0.950. The number of carbonyl (C=O) groups is 6. The van der Waals surface area contributed by atoms with Crippen LogP contribution < -0.4 is 0 Å². The molecule has 0 spiro atoms. The van der Waals surface area contributed by atoms with E-state index in [1.807, 2.05) is 80.6 Å². The Morgan fingerprint density at radius 2 is 0.754 bits per heavy atom. The van der Waals surface area contributed by atoms with E-state index >= 15 is 0 Å². The fourth-order valence-corrected chi connectivity index (χ4v) is 14.8. The Morgan fingerprint density at radius 1 is 0.412 bits per heavy atom. The lowest BCUT2D eigenvalue weighted by Gasteiger charge is -2.13. The number of hydrogen-bond acceptors (Lipinski definition) is 15. The second-order valence-corrected chi connectivity index (χ2v) is 28.2. The van der Waals surface area contributed by atoms with Gasteiger partial charge < -0.3 is 40.6 Å². The summed E-state index contributed by atoms with van der Waals surface area (Å²) >= 11 is 6.01. The van der Waals surface area contributed by atoms with Gasteiger partial charge in [0.15, 0.2) is 46.1 Å². The molecule has 6 aliphatic rings. The molecule has 0 saturated heterocycles. The lowest BCUT2D eigenvalue weighted by atomic mass is 9.96. The maximum atomic E-state index is 12.0. The van der Waals surface area contributed by atoms with Gasteiger partial charge in [0.1, 0.15) is 6.10 Å². The van der Waals surface area contributed by atoms with E-state index in [0.717, 1.165) is 55.6 Å². The number of aryl methyl sites for hydroxylation is 2. The van der Waals surface area contributed by atoms with E-state index in [1.54, 1.807) is 60.7 Å². The van der Waals surface area contributed by atoms with Crippen molar-refractivity contribution in [2.75, 3.05) is 0 Å². The number of ketones is 6. The van der Waals surface area contributed by atoms with Crippen LogP contribution in [-0.2, 0) is 38.5 Å². The Kier molecular flexibility index (Phi) is 32.7. The molecule has 0 bridgehead atoms. The minimum absolute atomic E-state index is 0.0291. The molecule has 576 valence electrons. The second-order valence-electron chi connectivity index (χ2n) is 27.8. The summed E-state index contributed by atoms with van der Waals surface area (Å²) < 4.78 is 0. The average molecular weight is 1540 g/mol. The summed E-state index contributed by atoms with van der Waals surface area (Å²) in [5, 5.41) is 79.9. The molecule has 20 heteroatoms. The molecular formula is C94H83ClN4O15. The van der Waals surface area contributed by atoms with Gasteiger partial charge in [-0.25, -0.2) is 16.3 Å². The maximum Gasteiger partial charge on any atom is 0.275 e. The van der Waals surface area contributed by atoms with Gasteiger partial charge in [0.05, 0.1) is 90.2 Å². The number of Topliss-reactive ketones (excluding diaryl/α,β-unsaturated/α-hetero) is 6. The molecule has 7 aromatic carbocycles. The number of fused-ring (bicyclic) bond motifs is 6. The third kappa shape index (κ3) is 21.1. The predicted octanol–water partition coefficient (Wildman–Crippen LogP) is 12.9. The second kappa shape index (κ2) is 42.1. The maximum absolute atomic E-state index is 12.0. The molecule has 0 fully saturated rings. The zero-order chi connectivity index (χ0) is 83.6. The number of rotatable bonds is 16. The topological polar surface area (TPSA) is 300 Å². The SMILES string of the molecule is C#CCC(O)C1Cc2c(C)cccc2C1=O.C#CCC(O)C1Cc2c(C)cccc2C1=O.C#CCC(O)C1Cc2c(Cl)cccc2C1=O.C#CCC(O)C1Cc2c(cccc2[N+](=O)[O-])C1=O.[C-]#[N+]C(c1ccccc1)C(O)CC#C.[C-]#[N+]c1ccc2c(c1)CC(C(O)CC#C)C2=O.[C-]#[N+]c1cccc2c1CC(C(O)CC#C)C2=O. The van der Waals surface area contributed by atoms with Crippen LogP contribution in [0.2, 0.25) is 5.02 Å². The van der Waals surface area contributed by atoms with Crippen LogP contribution in [0.15, 0.2) is 140 Å². The fourth-order valence-electron chi connectivity index (χ4n) is 14.6. The van der Waals surface area contributed by atoms with Crippen molar-refractivity contribution in [3.8, 4) is 86.4 Å². The normalized spacial score (nSPS) is 19.0. The number of benzene rings is 7. The van der Waals surface area contributed by atoms with Gasteiger partial charge >= 0.3 is 0 Å². The van der Waals surface area contributed by atoms with Crippen molar-refractivity contribution in [3.05, 3.63) is 272 Å². The first-order chi connectivity index (χ1) is 54.6. The monoisotopic (exact) mass is 1540 g/mol. The lowest BCUT2D eigenvalue weighted by molar-refractivity contribution is -0.385. The Bertz CT molecular complexity index is 5030. The molecule has 14 unspecified atom stereocenters. The van der Waals surface area contributed by atoms with Crippen LogP contribution >= 0.6 is 11.6 Å². The molecule has 7 aromatic rings. The van der Waals surface area contributed by atoms with Gasteiger partial charge in [0.25, 0.3) is 11.7 Å². The van der Waals surface area contributed by atoms with Crippen LogP contribution in [0.4, 0.5) is 17.1 Å². The Hall–Kier alpha value is -12.6. The molecule has 0 amide bonds. The summed E-state index contributed by atoms with van der Waals surface area (Å²) in [6.07, 6.45) is 34.4. The van der Waals surface area contributed by atoms with Gasteiger partial charge in [0, 0.05) is 101 Å². The van der Waals surface area contributed by atoms with Crippen molar-refractivity contribution in [1.82, 2.24) is 0 Å². The molecule has 0 heterocycles. The molecular weight excluding hydrogens is 1460 g/mol. The molecule has 13 rings (SSSR count). The summed E-state index contributed by atoms with van der Waals surface area (Å²) in [5.41, 5.74) is 12.5. The largest absolute Gasteiger partial charge is 0.391 e. The number of aliphatic hydroxyl groups is 7. The van der Waals surface area contributed by atoms with Crippen molar-refractivity contribution in [2.45, 2.75) is 146 Å². The number of carbonyl (C=O) groups excluding carboxylic acids is 6. The Balaban J connectivity index is 0.000000184. The van der Waals surface area contributed by atoms with E-state index in [9.17, 15) is 74.6 Å². The number of nitro benzene ring substituents is 1. The first-order valence-electron chi connectivity index (χ1n) is 36.3. The van der Waals surface area contributed by atoms with Gasteiger partial charge in [-0.15, -0.1) is 86.4 Å². The summed E-state index contributed by atoms with van der Waals surface area (Å²) in [6, 6.07) is 39.8. The number of hydrogen-bond donors (Lipinski definition) is 7. The highest BCUT2D eigenvalue weighted by Crippen LogP contribution is 2.40. The molecule has 19 nitrogen and oxygen atoms in total. The zero-order valence-electron chi connectivity index (χ0n) is 62.7. The Labute approximate surface area is 669 Å². The van der Waals surface area contributed by atoms with Crippen molar-refractivity contribution in [2.24, 2.45) is 35.5 Å². The van der Waals surface area contributed by atoms with E-state index in [0.29, 0.717) is 76.3 Å². The lowest BCUT2D eigenvalue weighted by Crippen LogP contribution is -2.25. The van der Waals surface area contributed by atoms with Gasteiger partial charge in [-0.2, -0.15) is 0 Å². The minimum Gasteiger partial charge on any atom is -0.391 e. The van der Waals surface area contributed by atoms with Crippen LogP contribution in [0.1, 0.15) is 163 Å². The van der Waals surface area contributed by atoms with Crippen LogP contribution in [0.3, 0.4) is 0 Å². The van der Waals surface area contributed by atoms with Crippen LogP contribution in [-0.4, -0.2) is 118 Å². The molecule has 0 aromatic heterocycles. The summed E-state index contributed by atoms with van der Waals surface area (Å²) in [4.78, 5) is 92.6. The van der Waals surface area contributed by atoms with Crippen LogP contribution in [0.25, 0.3) is 14.5 Å². The molecule has 114 heavy (non-hydrogen) atoms. The summed E-state index contributed by atoms with van der Waals surface area (Å²) in [6.45, 7) is 25.0. The Morgan fingerprint density at radius 3 is 1.13 bits per heavy atom. The number of halogens is 1. The van der Waals surface area contributed by atoms with Crippen LogP contribution in [0, 0.1) is 166 Å². The highest BCUT2D eigenvalue weighted by Gasteiger charge is 2.42. The average Bonchev–Trinajstić information content (AvgIpc) is 1.88. The van der Waals surface area contributed by atoms with Crippen molar-refractivity contribution in [1.29, 1.82) is 0 Å². The highest BCUT2D eigenvalue weighted by atomic mass is 35.5. The van der Waals surface area contributed by atoms with Gasteiger partial charge in [-0.3, -0.25) is 38.9 Å². The molecule has 6 aliphatic carbocycles. The van der Waals surface area contributed by atoms with Gasteiger partial charge in [-0.05, 0) is 97.4 Å². The van der Waals surface area contributed by atoms with E-state index in [1.165, 1.54) is 12.1 Å². The number of aliphatic hydroxyl groups excluding tert-OH is 7. The fraction of sp³-hybridized carbons (Fsp3) is 0.309. The quantitative estimate of drug-likeness (QED) is 0.0205. The molecule has 14 atom stereocenters. The smallest absolute Gasteiger partial charge is 0.275 e. The standard InChI is InChI=1S/2C14H11NO2.2C14H14O2.C13H11ClO2.C13H11NO4.C12H11NO/c1-3-5-13(16)11-8-10-9(14(11)17)6-4-7-12(10)15-2;1-3-4-13(16)12-8-9-7-10(15-2)5-6-11(9)14(12)17;2*1-3-5-13(15)12-8-11-9(2)6-4-7-10(11)14(12)16;1-2-4-12(15)10-7-9-8(13(10)16)5-3-6-11(9)14;1-2-4-12(15)10-7-9-8(13(10)16)5-3-6-11(9)14(17)18;1-3-7-11(14)12(13-2)10-8-5-4-6-9-10/h1,4,6-7,11,13,16H,5,8H2;1,5-7,12-13,16H,4,8H2;2*1,4,6-7,12-13,15H,5,8H2,2H3;1,3,5-6,10,12,15H,4,7H2;1,3,5-6,10,12,15H,4,7H2;1,4-6,8-9,11-12,14H,7H2. The first-order valence-corrected chi connectivity index (χ1v) is 36.7. The molecule has 7 N–H and O–H groups in total. The zero-order valence-corrected chi connectivity index (χ0v) is 63.4. The first kappa shape index (κ1) is 88.6. The summed E-state index contributed by atoms with van der Waals surface area (Å²) in [7, 11) is 0. The number of nitrogens with zero attached hydrogens (tertiary/aromatic N) is 4. The van der Waals surface area contributed by atoms with Crippen molar-refractivity contribution in [3.63, 3.8) is 0 Å². The van der Waals surface area contributed by atoms with Crippen LogP contribution in [0.5, 0.6) is 0 Å². The molecule has 0 radical (unpaired) electrons. The van der Waals surface area contributed by atoms with Gasteiger partial charge in [0.2, 0.25) is 0 Å². The third-order valence-corrected chi connectivity index (χ3v) is 21.0. The van der Waals surface area contributed by atoms with E-state index in [4.69, 9.17) is 76.3 Å². The van der Waals surface area contributed by atoms with E-state index in [-0.39, 0.29) is 104 Å². The third-order valence-electron chi connectivity index (χ3n) is 20.7. The van der Waals surface area contributed by atoms with Crippen molar-refractivity contribution < 1.29 is 69.4 Å². The number of nitro groups is 1. The van der Waals surface area contributed by atoms with Gasteiger partial charge in [-0.1, -0.05) is 139 Å². The van der Waals surface area contributed by atoms with Crippen molar-refractivity contribution >= 4 is 63.4 Å². The summed E-state index contributed by atoms with van der Waals surface area (Å²) in [5.74, 6) is 13.3. The highest BCUT2D eigenvalue weighted by molar-refractivity contribution is 6.32. The molecule has 0 saturated carbocycles. The molecule has 0 aliphatic heterocycles. The number of terminal acetylenes is 7.